The van der Waals surface area contributed by atoms with Crippen molar-refractivity contribution in [2.45, 2.75) is 38.2 Å². The number of nitrogens with zero attached hydrogens (tertiary/aromatic N) is 2. The maximum absolute atomic E-state index is 10.2. The number of phenolic OH excluding ortho intramolecular Hbond substituents is 1. The predicted octanol–water partition coefficient (Wildman–Crippen LogP) is 3.00. The summed E-state index contributed by atoms with van der Waals surface area (Å²) >= 11 is 0. The van der Waals surface area contributed by atoms with Crippen molar-refractivity contribution in [2.75, 3.05) is 43.1 Å². The summed E-state index contributed by atoms with van der Waals surface area (Å²) in [4.78, 5) is 4.73. The first-order valence-corrected chi connectivity index (χ1v) is 8.13. The van der Waals surface area contributed by atoms with Crippen LogP contribution in [-0.4, -0.2) is 44.5 Å². The first-order valence-electron chi connectivity index (χ1n) is 8.13. The van der Waals surface area contributed by atoms with Gasteiger partial charge < -0.3 is 19.6 Å². The fourth-order valence-electron chi connectivity index (χ4n) is 3.45. The average molecular weight is 290 g/mol. The van der Waals surface area contributed by atoms with Gasteiger partial charge in [0.2, 0.25) is 0 Å². The van der Waals surface area contributed by atoms with E-state index in [1.54, 1.807) is 7.11 Å². The summed E-state index contributed by atoms with van der Waals surface area (Å²) in [6, 6.07) is 6.06. The van der Waals surface area contributed by atoms with Gasteiger partial charge in [0.15, 0.2) is 0 Å². The Balaban J connectivity index is 1.75. The summed E-state index contributed by atoms with van der Waals surface area (Å²) in [7, 11) is 1.79. The van der Waals surface area contributed by atoms with E-state index in [1.165, 1.54) is 24.9 Å². The molecule has 2 fully saturated rings. The minimum Gasteiger partial charge on any atom is -0.506 e. The maximum atomic E-state index is 10.2. The van der Waals surface area contributed by atoms with Crippen LogP contribution in [0.2, 0.25) is 0 Å². The Morgan fingerprint density at radius 2 is 1.71 bits per heavy atom. The lowest BCUT2D eigenvalue weighted by Crippen LogP contribution is -2.37. The van der Waals surface area contributed by atoms with E-state index in [1.807, 2.05) is 12.1 Å². The number of methoxy groups -OCH3 is 1. The standard InChI is InChI=1S/C17H26N2O2/c1-21-15-7-11-19(12-8-15)16-13-14(5-6-17(16)20)18-9-3-2-4-10-18/h5-6,13,15,20H,2-4,7-12H2,1H3. The minimum atomic E-state index is 0.369. The van der Waals surface area contributed by atoms with Crippen molar-refractivity contribution < 1.29 is 9.84 Å². The van der Waals surface area contributed by atoms with Gasteiger partial charge >= 0.3 is 0 Å². The molecule has 1 N–H and O–H groups in total. The number of phenols is 1. The summed E-state index contributed by atoms with van der Waals surface area (Å²) in [5.41, 5.74) is 2.23. The fraction of sp³-hybridized carbons (Fsp3) is 0.647. The Labute approximate surface area is 127 Å². The van der Waals surface area contributed by atoms with Gasteiger partial charge in [0.05, 0.1) is 11.8 Å². The molecule has 0 saturated carbocycles. The number of aromatic hydroxyl groups is 1. The highest BCUT2D eigenvalue weighted by atomic mass is 16.5. The monoisotopic (exact) mass is 290 g/mol. The second-order valence-electron chi connectivity index (χ2n) is 6.14. The SMILES string of the molecule is COC1CCN(c2cc(N3CCCCC3)ccc2O)CC1. The lowest BCUT2D eigenvalue weighted by Gasteiger charge is -2.35. The topological polar surface area (TPSA) is 35.9 Å². The van der Waals surface area contributed by atoms with Gasteiger partial charge in [0.1, 0.15) is 5.75 Å². The number of hydrogen-bond donors (Lipinski definition) is 1. The first kappa shape index (κ1) is 14.5. The van der Waals surface area contributed by atoms with Gasteiger partial charge in [-0.1, -0.05) is 0 Å². The molecule has 2 saturated heterocycles. The molecule has 0 spiro atoms. The summed E-state index contributed by atoms with van der Waals surface area (Å²) in [6.07, 6.45) is 6.32. The number of piperidine rings is 2. The molecule has 0 atom stereocenters. The van der Waals surface area contributed by atoms with Gasteiger partial charge in [-0.15, -0.1) is 0 Å². The number of hydrogen-bond acceptors (Lipinski definition) is 4. The molecule has 1 aromatic carbocycles. The van der Waals surface area contributed by atoms with Crippen LogP contribution in [0.15, 0.2) is 18.2 Å². The third kappa shape index (κ3) is 3.26. The normalized spacial score (nSPS) is 20.8. The van der Waals surface area contributed by atoms with Crippen molar-refractivity contribution >= 4 is 11.4 Å². The van der Waals surface area contributed by atoms with Crippen molar-refractivity contribution in [1.29, 1.82) is 0 Å². The van der Waals surface area contributed by atoms with E-state index in [2.05, 4.69) is 15.9 Å². The van der Waals surface area contributed by atoms with Gasteiger partial charge in [0.25, 0.3) is 0 Å². The van der Waals surface area contributed by atoms with Crippen molar-refractivity contribution in [3.8, 4) is 5.75 Å². The Morgan fingerprint density at radius 3 is 2.38 bits per heavy atom. The van der Waals surface area contributed by atoms with E-state index in [9.17, 15) is 5.11 Å². The average Bonchev–Trinajstić information content (AvgIpc) is 2.56. The third-order valence-corrected chi connectivity index (χ3v) is 4.80. The molecule has 4 heteroatoms. The maximum Gasteiger partial charge on any atom is 0.139 e. The number of rotatable bonds is 3. The van der Waals surface area contributed by atoms with Crippen LogP contribution in [0.3, 0.4) is 0 Å². The molecule has 21 heavy (non-hydrogen) atoms. The van der Waals surface area contributed by atoms with E-state index in [-0.39, 0.29) is 0 Å². The third-order valence-electron chi connectivity index (χ3n) is 4.80. The summed E-state index contributed by atoms with van der Waals surface area (Å²) in [6.45, 7) is 4.18. The van der Waals surface area contributed by atoms with Crippen LogP contribution in [0.25, 0.3) is 0 Å². The molecule has 0 amide bonds. The molecular weight excluding hydrogens is 264 g/mol. The molecule has 3 rings (SSSR count). The first-order chi connectivity index (χ1) is 10.3. The second-order valence-corrected chi connectivity index (χ2v) is 6.14. The highest BCUT2D eigenvalue weighted by Crippen LogP contribution is 2.34. The van der Waals surface area contributed by atoms with Crippen molar-refractivity contribution in [3.05, 3.63) is 18.2 Å². The van der Waals surface area contributed by atoms with Crippen LogP contribution < -0.4 is 9.80 Å². The van der Waals surface area contributed by atoms with Crippen LogP contribution in [-0.2, 0) is 4.74 Å². The van der Waals surface area contributed by atoms with Crippen LogP contribution in [0.1, 0.15) is 32.1 Å². The lowest BCUT2D eigenvalue weighted by molar-refractivity contribution is 0.0818. The molecule has 116 valence electrons. The van der Waals surface area contributed by atoms with Gasteiger partial charge in [-0.25, -0.2) is 0 Å². The fourth-order valence-corrected chi connectivity index (χ4v) is 3.45. The lowest BCUT2D eigenvalue weighted by atomic mass is 10.1. The Kier molecular flexibility index (Phi) is 4.54. The molecule has 0 aliphatic carbocycles. The van der Waals surface area contributed by atoms with Gasteiger partial charge in [-0.2, -0.15) is 0 Å². The zero-order valence-electron chi connectivity index (χ0n) is 12.9. The molecule has 0 radical (unpaired) electrons. The van der Waals surface area contributed by atoms with Crippen LogP contribution in [0, 0.1) is 0 Å². The number of benzene rings is 1. The molecule has 0 aromatic heterocycles. The summed E-state index contributed by atoms with van der Waals surface area (Å²) in [5.74, 6) is 0.395. The van der Waals surface area contributed by atoms with Crippen molar-refractivity contribution in [2.24, 2.45) is 0 Å². The second kappa shape index (κ2) is 6.56. The molecule has 2 heterocycles. The van der Waals surface area contributed by atoms with Crippen molar-refractivity contribution in [1.82, 2.24) is 0 Å². The quantitative estimate of drug-likeness (QED) is 0.928. The molecule has 4 nitrogen and oxygen atoms in total. The van der Waals surface area contributed by atoms with E-state index in [0.717, 1.165) is 44.7 Å². The van der Waals surface area contributed by atoms with E-state index < -0.39 is 0 Å². The summed E-state index contributed by atoms with van der Waals surface area (Å²) < 4.78 is 5.43. The van der Waals surface area contributed by atoms with Crippen LogP contribution >= 0.6 is 0 Å². The molecule has 0 bridgehead atoms. The molecular formula is C17H26N2O2. The van der Waals surface area contributed by atoms with Gasteiger partial charge in [-0.05, 0) is 50.3 Å². The number of ether oxygens (including phenoxy) is 1. The smallest absolute Gasteiger partial charge is 0.139 e. The zero-order chi connectivity index (χ0) is 14.7. The van der Waals surface area contributed by atoms with E-state index in [0.29, 0.717) is 11.9 Å². The van der Waals surface area contributed by atoms with Crippen LogP contribution in [0.5, 0.6) is 5.75 Å². The Morgan fingerprint density at radius 1 is 1.00 bits per heavy atom. The zero-order valence-corrected chi connectivity index (χ0v) is 12.9. The van der Waals surface area contributed by atoms with E-state index in [4.69, 9.17) is 4.74 Å². The molecule has 0 unspecified atom stereocenters. The van der Waals surface area contributed by atoms with Crippen LogP contribution in [0.4, 0.5) is 11.4 Å². The largest absolute Gasteiger partial charge is 0.506 e. The summed E-state index contributed by atoms with van der Waals surface area (Å²) in [5, 5.41) is 10.2. The number of anilines is 2. The van der Waals surface area contributed by atoms with Gasteiger partial charge in [0, 0.05) is 39.0 Å². The molecule has 1 aromatic rings. The Bertz CT molecular complexity index is 464. The van der Waals surface area contributed by atoms with Gasteiger partial charge in [-0.3, -0.25) is 0 Å². The van der Waals surface area contributed by atoms with Crippen molar-refractivity contribution in [3.63, 3.8) is 0 Å². The minimum absolute atomic E-state index is 0.369. The van der Waals surface area contributed by atoms with E-state index >= 15 is 0 Å². The highest BCUT2D eigenvalue weighted by Gasteiger charge is 2.22. The predicted molar refractivity (Wildman–Crippen MR) is 86.4 cm³/mol. The molecule has 2 aliphatic rings. The highest BCUT2D eigenvalue weighted by molar-refractivity contribution is 5.66. The molecule has 2 aliphatic heterocycles. The Hall–Kier alpha value is -1.42.